The molecule has 2 radical (unpaired) electrons. The Morgan fingerprint density at radius 1 is 1.00 bits per heavy atom. The van der Waals surface area contributed by atoms with E-state index in [2.05, 4.69) is 90.7 Å². The van der Waals surface area contributed by atoms with Gasteiger partial charge in [-0.2, -0.15) is 5.10 Å². The van der Waals surface area contributed by atoms with Gasteiger partial charge in [0.2, 0.25) is 0 Å². The van der Waals surface area contributed by atoms with Crippen LogP contribution in [0.15, 0.2) is 73.1 Å². The summed E-state index contributed by atoms with van der Waals surface area (Å²) in [7, 11) is 5.43. The van der Waals surface area contributed by atoms with Crippen LogP contribution in [-0.4, -0.2) is 44.3 Å². The molecular weight excluding hydrogens is 474 g/mol. The molecule has 6 rings (SSSR count). The van der Waals surface area contributed by atoms with Gasteiger partial charge in [-0.3, -0.25) is 9.44 Å². The predicted octanol–water partition coefficient (Wildman–Crippen LogP) is 6.64. The molecule has 8 heteroatoms. The number of para-hydroxylation sites is 1. The van der Waals surface area contributed by atoms with E-state index in [-0.39, 0.29) is 5.54 Å². The van der Waals surface area contributed by atoms with Gasteiger partial charge in [-0.25, -0.2) is 4.98 Å². The highest BCUT2D eigenvalue weighted by Crippen LogP contribution is 2.39. The number of nitrogens with zero attached hydrogens (tertiary/aromatic N) is 4. The fourth-order valence-electron chi connectivity index (χ4n) is 4.74. The zero-order chi connectivity index (χ0) is 25.7. The number of hydrogen-bond acceptors (Lipinski definition) is 4. The Bertz CT molecular complexity index is 1760. The van der Waals surface area contributed by atoms with Crippen molar-refractivity contribution in [3.63, 3.8) is 0 Å². The van der Waals surface area contributed by atoms with Crippen LogP contribution in [0.4, 0.5) is 0 Å². The molecule has 0 aliphatic carbocycles. The van der Waals surface area contributed by atoms with Gasteiger partial charge in [0.1, 0.15) is 13.3 Å². The van der Waals surface area contributed by atoms with E-state index in [1.807, 2.05) is 29.6 Å². The highest BCUT2D eigenvalue weighted by atomic mass is 31.1. The fraction of sp³-hybridized carbons (Fsp3) is 0.207. The van der Waals surface area contributed by atoms with E-state index in [0.29, 0.717) is 0 Å². The molecule has 3 aromatic heterocycles. The third-order valence-electron chi connectivity index (χ3n) is 6.57. The number of nitrogens with one attached hydrogen (secondary N) is 2. The molecule has 0 saturated heterocycles. The van der Waals surface area contributed by atoms with Crippen LogP contribution in [0.1, 0.15) is 26.3 Å². The van der Waals surface area contributed by atoms with Crippen LogP contribution in [0.2, 0.25) is 0 Å². The molecule has 0 aliphatic rings. The molecule has 0 spiro atoms. The molecule has 0 saturated carbocycles. The van der Waals surface area contributed by atoms with Crippen molar-refractivity contribution in [2.45, 2.75) is 32.9 Å². The molecule has 6 nitrogen and oxygen atoms in total. The summed E-state index contributed by atoms with van der Waals surface area (Å²) < 4.78 is 1.93. The Morgan fingerprint density at radius 3 is 2.65 bits per heavy atom. The first-order valence-electron chi connectivity index (χ1n) is 12.4. The zero-order valence-electron chi connectivity index (χ0n) is 21.4. The average Bonchev–Trinajstić information content (AvgIpc) is 3.48. The van der Waals surface area contributed by atoms with Gasteiger partial charge in [-0.05, 0) is 70.1 Å². The highest BCUT2D eigenvalue weighted by molar-refractivity contribution is 7.80. The quantitative estimate of drug-likeness (QED) is 0.205. The van der Waals surface area contributed by atoms with Crippen LogP contribution < -0.4 is 5.32 Å². The fourth-order valence-corrected chi connectivity index (χ4v) is 5.48. The van der Waals surface area contributed by atoms with Crippen molar-refractivity contribution in [2.75, 3.05) is 6.66 Å². The lowest BCUT2D eigenvalue weighted by molar-refractivity contribution is 0.425. The van der Waals surface area contributed by atoms with Crippen molar-refractivity contribution in [3.8, 4) is 22.6 Å². The van der Waals surface area contributed by atoms with Gasteiger partial charge in [0.25, 0.3) is 0 Å². The maximum Gasteiger partial charge on any atom is 0.159 e. The van der Waals surface area contributed by atoms with Crippen molar-refractivity contribution < 1.29 is 0 Å². The molecule has 3 heterocycles. The van der Waals surface area contributed by atoms with E-state index < -0.39 is 7.95 Å². The normalized spacial score (nSPS) is 13.1. The summed E-state index contributed by atoms with van der Waals surface area (Å²) in [5.41, 5.74) is 7.09. The van der Waals surface area contributed by atoms with Crippen LogP contribution in [0.5, 0.6) is 0 Å². The number of pyridine rings is 1. The molecule has 1 unspecified atom stereocenters. The number of H-pyrrole nitrogens is 1. The average molecular weight is 502 g/mol. The first-order chi connectivity index (χ1) is 17.8. The minimum Gasteiger partial charge on any atom is -0.337 e. The Labute approximate surface area is 218 Å². The van der Waals surface area contributed by atoms with E-state index in [4.69, 9.17) is 17.6 Å². The first-order valence-corrected chi connectivity index (χ1v) is 14.2. The van der Waals surface area contributed by atoms with E-state index in [1.54, 1.807) is 0 Å². The van der Waals surface area contributed by atoms with Crippen molar-refractivity contribution in [2.24, 2.45) is 0 Å². The van der Waals surface area contributed by atoms with Gasteiger partial charge < -0.3 is 10.3 Å². The van der Waals surface area contributed by atoms with Gasteiger partial charge in [-0.15, -0.1) is 0 Å². The second-order valence-electron chi connectivity index (χ2n) is 10.5. The Hall–Kier alpha value is -3.54. The van der Waals surface area contributed by atoms with Gasteiger partial charge >= 0.3 is 0 Å². The highest BCUT2D eigenvalue weighted by Gasteiger charge is 2.19. The molecular formula is C29H28BN6P. The minimum atomic E-state index is -0.964. The summed E-state index contributed by atoms with van der Waals surface area (Å²) in [6.45, 7) is 9.24. The lowest BCUT2D eigenvalue weighted by Crippen LogP contribution is -2.35. The van der Waals surface area contributed by atoms with Crippen molar-refractivity contribution in [1.82, 2.24) is 29.8 Å². The molecule has 0 bridgehead atoms. The molecule has 2 N–H and O–H groups in total. The van der Waals surface area contributed by atoms with E-state index in [0.717, 1.165) is 62.1 Å². The number of imidazole rings is 1. The van der Waals surface area contributed by atoms with Gasteiger partial charge in [0, 0.05) is 40.8 Å². The van der Waals surface area contributed by atoms with Crippen molar-refractivity contribution in [3.05, 3.63) is 78.6 Å². The standard InChI is InChI=1S/C29H28BN6P/c1-29(2,3)32-16-20-9-7-11-24-26(20)34-28(33-24)27-22-14-18(12-13-25(22)36(35-27)37(4)30)23-17-31-15-19-8-5-6-10-21(19)23/h5-15,17,32H,16H2,1-4H3,(H,33,34). The van der Waals surface area contributed by atoms with Gasteiger partial charge in [-0.1, -0.05) is 42.5 Å². The second kappa shape index (κ2) is 9.09. The molecule has 182 valence electrons. The van der Waals surface area contributed by atoms with Crippen LogP contribution >= 0.6 is 7.95 Å². The first kappa shape index (κ1) is 23.8. The van der Waals surface area contributed by atoms with Gasteiger partial charge in [0.15, 0.2) is 5.82 Å². The number of aromatic nitrogens is 5. The van der Waals surface area contributed by atoms with Crippen LogP contribution in [0.25, 0.3) is 55.4 Å². The third-order valence-corrected chi connectivity index (χ3v) is 7.47. The molecule has 3 aromatic carbocycles. The van der Waals surface area contributed by atoms with Gasteiger partial charge in [0.05, 0.1) is 16.6 Å². The van der Waals surface area contributed by atoms with E-state index >= 15 is 0 Å². The maximum atomic E-state index is 6.39. The minimum absolute atomic E-state index is 0.0164. The lowest BCUT2D eigenvalue weighted by atomic mass is 9.99. The van der Waals surface area contributed by atoms with E-state index in [1.165, 1.54) is 5.39 Å². The SMILES string of the molecule is [B]P(C)n1nc(-c2nc3c(CNC(C)(C)C)cccc3[nH]2)c2cc(-c3cncc4ccccc34)ccc21. The smallest absolute Gasteiger partial charge is 0.159 e. The Balaban J connectivity index is 1.52. The predicted molar refractivity (Wildman–Crippen MR) is 156 cm³/mol. The van der Waals surface area contributed by atoms with Crippen molar-refractivity contribution >= 4 is 48.2 Å². The zero-order valence-corrected chi connectivity index (χ0v) is 22.3. The third kappa shape index (κ3) is 4.43. The summed E-state index contributed by atoms with van der Waals surface area (Å²) in [4.78, 5) is 13.1. The summed E-state index contributed by atoms with van der Waals surface area (Å²) in [6, 6.07) is 21.0. The van der Waals surface area contributed by atoms with Crippen LogP contribution in [0.3, 0.4) is 0 Å². The molecule has 0 fully saturated rings. The largest absolute Gasteiger partial charge is 0.337 e. The number of benzene rings is 3. The Morgan fingerprint density at radius 2 is 1.84 bits per heavy atom. The van der Waals surface area contributed by atoms with Crippen LogP contribution in [-0.2, 0) is 6.54 Å². The monoisotopic (exact) mass is 502 g/mol. The molecule has 37 heavy (non-hydrogen) atoms. The second-order valence-corrected chi connectivity index (χ2v) is 12.0. The van der Waals surface area contributed by atoms with Crippen molar-refractivity contribution in [1.29, 1.82) is 0 Å². The number of fused-ring (bicyclic) bond motifs is 3. The summed E-state index contributed by atoms with van der Waals surface area (Å²) in [5.74, 6) is 0.743. The summed E-state index contributed by atoms with van der Waals surface area (Å²) in [6.07, 6.45) is 3.83. The molecule has 1 atom stereocenters. The summed E-state index contributed by atoms with van der Waals surface area (Å²) in [5, 5.41) is 11.8. The molecule has 6 aromatic rings. The van der Waals surface area contributed by atoms with E-state index in [9.17, 15) is 0 Å². The Kier molecular flexibility index (Phi) is 5.86. The van der Waals surface area contributed by atoms with Crippen LogP contribution in [0, 0.1) is 0 Å². The lowest BCUT2D eigenvalue weighted by Gasteiger charge is -2.20. The maximum absolute atomic E-state index is 6.39. The number of hydrogen-bond donors (Lipinski definition) is 2. The topological polar surface area (TPSA) is 71.4 Å². The summed E-state index contributed by atoms with van der Waals surface area (Å²) >= 11 is 0. The number of rotatable bonds is 5. The number of aromatic amines is 1. The molecule has 0 amide bonds. The molecule has 0 aliphatic heterocycles.